The van der Waals surface area contributed by atoms with Gasteiger partial charge in [0.1, 0.15) is 18.0 Å². The maximum Gasteiger partial charge on any atom is 0.351 e. The number of thioether (sulfide) groups is 1. The summed E-state index contributed by atoms with van der Waals surface area (Å²) in [7, 11) is 0. The van der Waals surface area contributed by atoms with Crippen molar-refractivity contribution >= 4 is 17.6 Å². The topological polar surface area (TPSA) is 131 Å². The summed E-state index contributed by atoms with van der Waals surface area (Å²) in [5.74, 6) is 0.0350. The van der Waals surface area contributed by atoms with Crippen molar-refractivity contribution < 1.29 is 20.1 Å². The number of hydrogen-bond acceptors (Lipinski definition) is 8. The molecule has 0 spiro atoms. The van der Waals surface area contributed by atoms with Crippen LogP contribution in [0.3, 0.4) is 0 Å². The van der Waals surface area contributed by atoms with E-state index in [-0.39, 0.29) is 5.82 Å². The molecule has 1 fully saturated rings. The maximum absolute atomic E-state index is 12.1. The lowest BCUT2D eigenvalue weighted by molar-refractivity contribution is -0.0628. The maximum atomic E-state index is 12.1. The monoisotopic (exact) mass is 351 g/mol. The van der Waals surface area contributed by atoms with Gasteiger partial charge in [0, 0.05) is 11.1 Å². The molecule has 0 unspecified atom stereocenters. The fourth-order valence-electron chi connectivity index (χ4n) is 2.55. The fraction of sp³-hybridized carbons (Fsp3) is 0.333. The number of aromatic nitrogens is 2. The van der Waals surface area contributed by atoms with Crippen molar-refractivity contribution in [3.8, 4) is 0 Å². The SMILES string of the molecule is Nc1ccn([C@@H]2O[C@H](CO)[C@@H](O)[C@]2(O)Sc2ccccc2)c(=O)n1. The number of rotatable bonds is 4. The third kappa shape index (κ3) is 2.92. The summed E-state index contributed by atoms with van der Waals surface area (Å²) >= 11 is 0.947. The van der Waals surface area contributed by atoms with Crippen molar-refractivity contribution in [3.63, 3.8) is 0 Å². The van der Waals surface area contributed by atoms with Crippen molar-refractivity contribution in [1.29, 1.82) is 0 Å². The van der Waals surface area contributed by atoms with E-state index in [2.05, 4.69) is 4.98 Å². The summed E-state index contributed by atoms with van der Waals surface area (Å²) in [6.07, 6.45) is -2.36. The molecule has 8 nitrogen and oxygen atoms in total. The number of ether oxygens (including phenoxy) is 1. The molecule has 128 valence electrons. The number of hydrogen-bond donors (Lipinski definition) is 4. The van der Waals surface area contributed by atoms with E-state index >= 15 is 0 Å². The van der Waals surface area contributed by atoms with Crippen LogP contribution in [-0.2, 0) is 4.74 Å². The molecule has 2 aromatic rings. The van der Waals surface area contributed by atoms with E-state index in [0.29, 0.717) is 4.90 Å². The smallest absolute Gasteiger partial charge is 0.351 e. The number of aliphatic hydroxyl groups excluding tert-OH is 2. The largest absolute Gasteiger partial charge is 0.394 e. The van der Waals surface area contributed by atoms with Crippen LogP contribution >= 0.6 is 11.8 Å². The molecule has 0 bridgehead atoms. The molecular weight excluding hydrogens is 334 g/mol. The van der Waals surface area contributed by atoms with Crippen LogP contribution in [0.25, 0.3) is 0 Å². The average molecular weight is 351 g/mol. The minimum absolute atomic E-state index is 0.0350. The molecule has 3 rings (SSSR count). The number of aliphatic hydroxyl groups is 3. The quantitative estimate of drug-likeness (QED) is 0.545. The lowest BCUT2D eigenvalue weighted by Crippen LogP contribution is -2.46. The Bertz CT molecular complexity index is 771. The van der Waals surface area contributed by atoms with Crippen molar-refractivity contribution in [2.75, 3.05) is 12.3 Å². The molecule has 0 amide bonds. The summed E-state index contributed by atoms with van der Waals surface area (Å²) in [5, 5.41) is 30.9. The second kappa shape index (κ2) is 6.54. The highest BCUT2D eigenvalue weighted by atomic mass is 32.2. The van der Waals surface area contributed by atoms with Crippen LogP contribution in [0.1, 0.15) is 6.23 Å². The zero-order valence-electron chi connectivity index (χ0n) is 12.5. The Morgan fingerprint density at radius 1 is 1.33 bits per heavy atom. The molecule has 1 aromatic heterocycles. The number of nitrogen functional groups attached to an aromatic ring is 1. The van der Waals surface area contributed by atoms with Crippen molar-refractivity contribution in [3.05, 3.63) is 53.1 Å². The van der Waals surface area contributed by atoms with E-state index in [1.165, 1.54) is 12.3 Å². The van der Waals surface area contributed by atoms with Gasteiger partial charge in [-0.2, -0.15) is 4.98 Å². The third-order valence-corrected chi connectivity index (χ3v) is 5.02. The van der Waals surface area contributed by atoms with Crippen LogP contribution in [-0.4, -0.2) is 48.6 Å². The predicted octanol–water partition coefficient (Wildman–Crippen LogP) is -0.443. The molecule has 24 heavy (non-hydrogen) atoms. The van der Waals surface area contributed by atoms with Gasteiger partial charge >= 0.3 is 5.69 Å². The van der Waals surface area contributed by atoms with Gasteiger partial charge in [-0.15, -0.1) is 0 Å². The molecule has 0 aliphatic carbocycles. The lowest BCUT2D eigenvalue weighted by Gasteiger charge is -2.31. The lowest BCUT2D eigenvalue weighted by atomic mass is 10.1. The Morgan fingerprint density at radius 2 is 2.04 bits per heavy atom. The molecule has 1 aromatic carbocycles. The molecule has 5 N–H and O–H groups in total. The second-order valence-corrected chi connectivity index (χ2v) is 6.69. The first-order chi connectivity index (χ1) is 11.5. The van der Waals surface area contributed by atoms with E-state index in [4.69, 9.17) is 10.5 Å². The predicted molar refractivity (Wildman–Crippen MR) is 87.2 cm³/mol. The summed E-state index contributed by atoms with van der Waals surface area (Å²) in [4.78, 5) is 14.5. The molecule has 1 aliphatic heterocycles. The van der Waals surface area contributed by atoms with Crippen LogP contribution in [0.5, 0.6) is 0 Å². The van der Waals surface area contributed by atoms with Crippen LogP contribution in [0, 0.1) is 0 Å². The van der Waals surface area contributed by atoms with Gasteiger partial charge < -0.3 is 25.8 Å². The second-order valence-electron chi connectivity index (χ2n) is 5.36. The first-order valence-electron chi connectivity index (χ1n) is 7.21. The van der Waals surface area contributed by atoms with E-state index in [1.807, 2.05) is 6.07 Å². The first kappa shape index (κ1) is 16.9. The normalized spacial score (nSPS) is 29.7. The van der Waals surface area contributed by atoms with Gasteiger partial charge in [0.05, 0.1) is 6.61 Å². The Balaban J connectivity index is 2.03. The summed E-state index contributed by atoms with van der Waals surface area (Å²) in [6.45, 7) is -0.507. The molecular formula is C15H17N3O5S. The van der Waals surface area contributed by atoms with Crippen LogP contribution in [0.2, 0.25) is 0 Å². The number of nitrogens with zero attached hydrogens (tertiary/aromatic N) is 2. The van der Waals surface area contributed by atoms with Crippen LogP contribution < -0.4 is 11.4 Å². The Hall–Kier alpha value is -1.91. The number of nitrogens with two attached hydrogens (primary N) is 1. The Labute approximate surface area is 141 Å². The zero-order chi connectivity index (χ0) is 17.3. The van der Waals surface area contributed by atoms with E-state index in [0.717, 1.165) is 16.3 Å². The molecule has 1 aliphatic rings. The molecule has 4 atom stereocenters. The number of benzene rings is 1. The van der Waals surface area contributed by atoms with Gasteiger partial charge in [-0.25, -0.2) is 4.79 Å². The summed E-state index contributed by atoms with van der Waals surface area (Å²) in [5.41, 5.74) is 4.75. The third-order valence-electron chi connectivity index (χ3n) is 3.74. The highest BCUT2D eigenvalue weighted by Gasteiger charge is 2.57. The van der Waals surface area contributed by atoms with Gasteiger partial charge in [0.2, 0.25) is 0 Å². The van der Waals surface area contributed by atoms with E-state index < -0.39 is 35.7 Å². The van der Waals surface area contributed by atoms with Gasteiger partial charge in [0.25, 0.3) is 0 Å². The van der Waals surface area contributed by atoms with Crippen LogP contribution in [0.15, 0.2) is 52.3 Å². The minimum atomic E-state index is -1.89. The van der Waals surface area contributed by atoms with Crippen molar-refractivity contribution in [2.45, 2.75) is 28.3 Å². The molecule has 0 saturated carbocycles. The Morgan fingerprint density at radius 3 is 2.67 bits per heavy atom. The molecule has 2 heterocycles. The summed E-state index contributed by atoms with van der Waals surface area (Å²) in [6, 6.07) is 10.3. The molecule has 1 saturated heterocycles. The minimum Gasteiger partial charge on any atom is -0.394 e. The van der Waals surface area contributed by atoms with Gasteiger partial charge in [-0.05, 0) is 18.2 Å². The molecule has 0 radical (unpaired) electrons. The fourth-order valence-corrected chi connectivity index (χ4v) is 3.76. The highest BCUT2D eigenvalue weighted by Crippen LogP contribution is 2.48. The zero-order valence-corrected chi connectivity index (χ0v) is 13.3. The van der Waals surface area contributed by atoms with E-state index in [9.17, 15) is 20.1 Å². The first-order valence-corrected chi connectivity index (χ1v) is 8.03. The number of anilines is 1. The highest BCUT2D eigenvalue weighted by molar-refractivity contribution is 8.00. The van der Waals surface area contributed by atoms with Gasteiger partial charge in [-0.3, -0.25) is 4.57 Å². The van der Waals surface area contributed by atoms with Gasteiger partial charge in [-0.1, -0.05) is 30.0 Å². The summed E-state index contributed by atoms with van der Waals surface area (Å²) < 4.78 is 6.58. The standard InChI is InChI=1S/C15H17N3O5S/c16-11-6-7-18(14(21)17-11)13-15(22,12(20)10(8-19)23-13)24-9-4-2-1-3-5-9/h1-7,10,12-13,19-20,22H,8H2,(H2,16,17,21)/t10-,12-,13-,15+/m1/s1. The Kier molecular flexibility index (Phi) is 4.61. The average Bonchev–Trinajstić information content (AvgIpc) is 2.80. The molecule has 9 heteroatoms. The van der Waals surface area contributed by atoms with E-state index in [1.54, 1.807) is 24.3 Å². The van der Waals surface area contributed by atoms with Crippen molar-refractivity contribution in [2.24, 2.45) is 0 Å². The van der Waals surface area contributed by atoms with Gasteiger partial charge in [0.15, 0.2) is 11.2 Å². The van der Waals surface area contributed by atoms with Crippen molar-refractivity contribution in [1.82, 2.24) is 9.55 Å². The van der Waals surface area contributed by atoms with Crippen LogP contribution in [0.4, 0.5) is 5.82 Å².